The van der Waals surface area contributed by atoms with E-state index in [4.69, 9.17) is 18.9 Å². The number of guanidine groups is 1. The Morgan fingerprint density at radius 1 is 1.17 bits per heavy atom. The fraction of sp³-hybridized carbons (Fsp3) is 0.455. The maximum atomic E-state index is 11.7. The third-order valence-corrected chi connectivity index (χ3v) is 5.19. The second kappa shape index (κ2) is 10.2. The molecule has 1 aromatic heterocycles. The number of nitrogens with zero attached hydrogens (tertiary/aromatic N) is 2. The minimum absolute atomic E-state index is 0.238. The Bertz CT molecular complexity index is 829. The molecule has 0 saturated carbocycles. The maximum absolute atomic E-state index is 11.7. The number of hydrogen-bond acceptors (Lipinski definition) is 5. The SMILES string of the molecule is O=C1OCCN1c1ccc(CN=C(NCCc2ccco2)NCC2CCCO2)cc1. The number of amides is 1. The van der Waals surface area contributed by atoms with Crippen LogP contribution in [0.25, 0.3) is 0 Å². The lowest BCUT2D eigenvalue weighted by atomic mass is 10.2. The average molecular weight is 412 g/mol. The molecule has 1 aromatic carbocycles. The van der Waals surface area contributed by atoms with Crippen molar-refractivity contribution in [2.24, 2.45) is 4.99 Å². The standard InChI is InChI=1S/C22H28N4O4/c27-22-26(11-14-30-22)18-7-5-17(6-8-18)15-24-21(25-16-20-4-2-13-29-20)23-10-9-19-3-1-12-28-19/h1,3,5-8,12,20H,2,4,9-11,13-16H2,(H2,23,24,25). The van der Waals surface area contributed by atoms with Crippen LogP contribution in [0.4, 0.5) is 10.5 Å². The number of rotatable bonds is 8. The molecule has 30 heavy (non-hydrogen) atoms. The van der Waals surface area contributed by atoms with E-state index < -0.39 is 0 Å². The Balaban J connectivity index is 1.33. The summed E-state index contributed by atoms with van der Waals surface area (Å²) in [5, 5.41) is 6.76. The van der Waals surface area contributed by atoms with E-state index in [9.17, 15) is 4.79 Å². The van der Waals surface area contributed by atoms with Crippen molar-refractivity contribution < 1.29 is 18.7 Å². The van der Waals surface area contributed by atoms with Crippen molar-refractivity contribution in [1.82, 2.24) is 10.6 Å². The number of carbonyl (C=O) groups is 1. The van der Waals surface area contributed by atoms with Crippen LogP contribution in [-0.2, 0) is 22.4 Å². The highest BCUT2D eigenvalue weighted by atomic mass is 16.6. The number of aliphatic imine (C=N–C) groups is 1. The molecule has 8 heteroatoms. The van der Waals surface area contributed by atoms with Crippen molar-refractivity contribution in [3.63, 3.8) is 0 Å². The monoisotopic (exact) mass is 412 g/mol. The van der Waals surface area contributed by atoms with Gasteiger partial charge in [-0.25, -0.2) is 9.79 Å². The van der Waals surface area contributed by atoms with E-state index in [1.165, 1.54) is 0 Å². The molecule has 160 valence electrons. The van der Waals surface area contributed by atoms with Crippen LogP contribution in [-0.4, -0.2) is 51.0 Å². The number of anilines is 1. The highest BCUT2D eigenvalue weighted by molar-refractivity contribution is 5.89. The first-order valence-corrected chi connectivity index (χ1v) is 10.5. The number of benzene rings is 1. The molecule has 0 spiro atoms. The van der Waals surface area contributed by atoms with E-state index in [-0.39, 0.29) is 12.2 Å². The topological polar surface area (TPSA) is 88.3 Å². The maximum Gasteiger partial charge on any atom is 0.414 e. The minimum atomic E-state index is -0.290. The summed E-state index contributed by atoms with van der Waals surface area (Å²) in [5.41, 5.74) is 1.91. The molecular formula is C22H28N4O4. The highest BCUT2D eigenvalue weighted by Gasteiger charge is 2.23. The number of carbonyl (C=O) groups excluding carboxylic acids is 1. The van der Waals surface area contributed by atoms with Gasteiger partial charge in [0.15, 0.2) is 5.96 Å². The normalized spacial score (nSPS) is 19.2. The predicted molar refractivity (Wildman–Crippen MR) is 114 cm³/mol. The van der Waals surface area contributed by atoms with E-state index in [1.54, 1.807) is 11.2 Å². The lowest BCUT2D eigenvalue weighted by molar-refractivity contribution is 0.114. The average Bonchev–Trinajstić information content (AvgIpc) is 3.53. The smallest absolute Gasteiger partial charge is 0.414 e. The molecule has 3 heterocycles. The molecule has 2 fully saturated rings. The van der Waals surface area contributed by atoms with Crippen LogP contribution >= 0.6 is 0 Å². The van der Waals surface area contributed by atoms with Gasteiger partial charge in [-0.2, -0.15) is 0 Å². The molecular weight excluding hydrogens is 384 g/mol. The van der Waals surface area contributed by atoms with E-state index in [1.807, 2.05) is 36.4 Å². The van der Waals surface area contributed by atoms with E-state index in [0.717, 1.165) is 61.9 Å². The molecule has 2 saturated heterocycles. The van der Waals surface area contributed by atoms with Gasteiger partial charge in [0.2, 0.25) is 0 Å². The third-order valence-electron chi connectivity index (χ3n) is 5.19. The summed E-state index contributed by atoms with van der Waals surface area (Å²) in [5.74, 6) is 1.70. The summed E-state index contributed by atoms with van der Waals surface area (Å²) in [4.78, 5) is 18.0. The zero-order valence-electron chi connectivity index (χ0n) is 17.0. The van der Waals surface area contributed by atoms with Crippen molar-refractivity contribution in [2.75, 3.05) is 37.7 Å². The zero-order chi connectivity index (χ0) is 20.6. The lowest BCUT2D eigenvalue weighted by Gasteiger charge is -2.16. The summed E-state index contributed by atoms with van der Waals surface area (Å²) >= 11 is 0. The molecule has 1 atom stereocenters. The van der Waals surface area contributed by atoms with Crippen molar-refractivity contribution in [3.05, 3.63) is 54.0 Å². The Hall–Kier alpha value is -3.00. The number of cyclic esters (lactones) is 1. The van der Waals surface area contributed by atoms with E-state index in [0.29, 0.717) is 19.7 Å². The van der Waals surface area contributed by atoms with E-state index in [2.05, 4.69) is 10.6 Å². The van der Waals surface area contributed by atoms with Gasteiger partial charge >= 0.3 is 6.09 Å². The number of nitrogens with one attached hydrogen (secondary N) is 2. The van der Waals surface area contributed by atoms with Crippen LogP contribution in [0.5, 0.6) is 0 Å². The first-order valence-electron chi connectivity index (χ1n) is 10.5. The van der Waals surface area contributed by atoms with Gasteiger partial charge in [-0.05, 0) is 42.7 Å². The molecule has 1 amide bonds. The van der Waals surface area contributed by atoms with Crippen LogP contribution in [0.1, 0.15) is 24.2 Å². The molecule has 2 aliphatic rings. The van der Waals surface area contributed by atoms with Gasteiger partial charge in [0.1, 0.15) is 12.4 Å². The first kappa shape index (κ1) is 20.3. The fourth-order valence-electron chi connectivity index (χ4n) is 3.53. The molecule has 4 rings (SSSR count). The Labute approximate surface area is 176 Å². The van der Waals surface area contributed by atoms with Crippen molar-refractivity contribution in [3.8, 4) is 0 Å². The first-order chi connectivity index (χ1) is 14.8. The van der Waals surface area contributed by atoms with Crippen LogP contribution in [0, 0.1) is 0 Å². The molecule has 0 aliphatic carbocycles. The van der Waals surface area contributed by atoms with E-state index >= 15 is 0 Å². The molecule has 2 aliphatic heterocycles. The second-order valence-electron chi connectivity index (χ2n) is 7.37. The Morgan fingerprint density at radius 3 is 2.77 bits per heavy atom. The quantitative estimate of drug-likeness (QED) is 0.512. The summed E-state index contributed by atoms with van der Waals surface area (Å²) in [6.45, 7) is 3.86. The van der Waals surface area contributed by atoms with Gasteiger partial charge in [-0.3, -0.25) is 4.90 Å². The molecule has 0 radical (unpaired) electrons. The number of ether oxygens (including phenoxy) is 2. The predicted octanol–water partition coefficient (Wildman–Crippen LogP) is 2.69. The van der Waals surface area contributed by atoms with Gasteiger partial charge < -0.3 is 24.5 Å². The van der Waals surface area contributed by atoms with Crippen LogP contribution < -0.4 is 15.5 Å². The van der Waals surface area contributed by atoms with Gasteiger partial charge in [0.25, 0.3) is 0 Å². The highest BCUT2D eigenvalue weighted by Crippen LogP contribution is 2.19. The molecule has 1 unspecified atom stereocenters. The Kier molecular flexibility index (Phi) is 6.87. The number of hydrogen-bond donors (Lipinski definition) is 2. The van der Waals surface area contributed by atoms with Gasteiger partial charge in [0.05, 0.1) is 25.5 Å². The fourth-order valence-corrected chi connectivity index (χ4v) is 3.53. The zero-order valence-corrected chi connectivity index (χ0v) is 17.0. The summed E-state index contributed by atoms with van der Waals surface area (Å²) in [6.07, 6.45) is 4.61. The summed E-state index contributed by atoms with van der Waals surface area (Å²) in [7, 11) is 0. The van der Waals surface area contributed by atoms with Gasteiger partial charge in [-0.1, -0.05) is 12.1 Å². The van der Waals surface area contributed by atoms with Crippen LogP contribution in [0.15, 0.2) is 52.1 Å². The molecule has 2 aromatic rings. The van der Waals surface area contributed by atoms with Crippen molar-refractivity contribution in [2.45, 2.75) is 31.9 Å². The molecule has 0 bridgehead atoms. The van der Waals surface area contributed by atoms with Gasteiger partial charge in [0, 0.05) is 31.8 Å². The summed E-state index contributed by atoms with van der Waals surface area (Å²) in [6, 6.07) is 11.7. The minimum Gasteiger partial charge on any atom is -0.469 e. The lowest BCUT2D eigenvalue weighted by Crippen LogP contribution is -2.41. The van der Waals surface area contributed by atoms with Crippen LogP contribution in [0.2, 0.25) is 0 Å². The Morgan fingerprint density at radius 2 is 2.07 bits per heavy atom. The number of furan rings is 1. The van der Waals surface area contributed by atoms with Gasteiger partial charge in [-0.15, -0.1) is 0 Å². The second-order valence-corrected chi connectivity index (χ2v) is 7.37. The third kappa shape index (κ3) is 5.54. The largest absolute Gasteiger partial charge is 0.469 e. The van der Waals surface area contributed by atoms with Crippen LogP contribution in [0.3, 0.4) is 0 Å². The molecule has 2 N–H and O–H groups in total. The van der Waals surface area contributed by atoms with Crippen molar-refractivity contribution >= 4 is 17.7 Å². The molecule has 8 nitrogen and oxygen atoms in total. The van der Waals surface area contributed by atoms with Crippen molar-refractivity contribution in [1.29, 1.82) is 0 Å². The summed E-state index contributed by atoms with van der Waals surface area (Å²) < 4.78 is 16.1.